The van der Waals surface area contributed by atoms with Crippen LogP contribution in [0.5, 0.6) is 0 Å². The van der Waals surface area contributed by atoms with Crippen LogP contribution in [-0.2, 0) is 24.6 Å². The van der Waals surface area contributed by atoms with Crippen LogP contribution in [0.2, 0.25) is 0 Å². The number of ether oxygens (including phenoxy) is 1. The Kier molecular flexibility index (Phi) is 3.49. The van der Waals surface area contributed by atoms with Crippen molar-refractivity contribution >= 4 is 10.1 Å². The summed E-state index contributed by atoms with van der Waals surface area (Å²) in [7, 11) is -3.46. The summed E-state index contributed by atoms with van der Waals surface area (Å²) in [6.45, 7) is 4.06. The van der Waals surface area contributed by atoms with Crippen molar-refractivity contribution in [3.05, 3.63) is 35.9 Å². The Morgan fingerprint density at radius 2 is 1.89 bits per heavy atom. The van der Waals surface area contributed by atoms with Crippen LogP contribution in [0.3, 0.4) is 0 Å². The van der Waals surface area contributed by atoms with Crippen molar-refractivity contribution in [2.45, 2.75) is 25.6 Å². The summed E-state index contributed by atoms with van der Waals surface area (Å²) in [6.07, 6.45) is 1.16. The Morgan fingerprint density at radius 3 is 2.33 bits per heavy atom. The summed E-state index contributed by atoms with van der Waals surface area (Å²) >= 11 is 0. The summed E-state index contributed by atoms with van der Waals surface area (Å²) in [5, 5.41) is 0. The quantitative estimate of drug-likeness (QED) is 0.784. The minimum absolute atomic E-state index is 0.0291. The van der Waals surface area contributed by atoms with Crippen LogP contribution < -0.4 is 0 Å². The van der Waals surface area contributed by atoms with Crippen molar-refractivity contribution in [3.8, 4) is 0 Å². The Labute approximate surface area is 108 Å². The van der Waals surface area contributed by atoms with Crippen molar-refractivity contribution in [2.75, 3.05) is 12.9 Å². The van der Waals surface area contributed by atoms with Gasteiger partial charge in [-0.15, -0.1) is 0 Å². The van der Waals surface area contributed by atoms with Crippen LogP contribution in [0.25, 0.3) is 0 Å². The maximum atomic E-state index is 11.2. The van der Waals surface area contributed by atoms with E-state index in [2.05, 4.69) is 0 Å². The van der Waals surface area contributed by atoms with Crippen LogP contribution in [0.4, 0.5) is 0 Å². The zero-order valence-electron chi connectivity index (χ0n) is 10.8. The van der Waals surface area contributed by atoms with Crippen molar-refractivity contribution in [1.29, 1.82) is 0 Å². The van der Waals surface area contributed by atoms with Gasteiger partial charge in [0.05, 0.1) is 19.0 Å². The van der Waals surface area contributed by atoms with Crippen molar-refractivity contribution < 1.29 is 17.3 Å². The van der Waals surface area contributed by atoms with Crippen LogP contribution in [0.1, 0.15) is 19.4 Å². The fourth-order valence-corrected chi connectivity index (χ4v) is 2.73. The van der Waals surface area contributed by atoms with E-state index < -0.39 is 15.7 Å². The minimum atomic E-state index is -3.46. The zero-order valence-corrected chi connectivity index (χ0v) is 11.6. The normalized spacial score (nSPS) is 31.9. The molecule has 0 aromatic heterocycles. The first-order chi connectivity index (χ1) is 8.35. The molecule has 0 aliphatic carbocycles. The van der Waals surface area contributed by atoms with Gasteiger partial charge in [0.1, 0.15) is 5.60 Å². The highest BCUT2D eigenvalue weighted by Gasteiger charge is 2.52. The second kappa shape index (κ2) is 4.64. The topological polar surface area (TPSA) is 52.6 Å². The van der Waals surface area contributed by atoms with Crippen LogP contribution in [-0.4, -0.2) is 27.4 Å². The SMILES string of the molecule is CC1OC(COS(C)(=O)=O)(c2ccccc2)C1C. The highest BCUT2D eigenvalue weighted by molar-refractivity contribution is 7.85. The molecule has 18 heavy (non-hydrogen) atoms. The van der Waals surface area contributed by atoms with E-state index in [0.29, 0.717) is 0 Å². The van der Waals surface area contributed by atoms with E-state index in [1.54, 1.807) is 0 Å². The van der Waals surface area contributed by atoms with Gasteiger partial charge in [0.2, 0.25) is 0 Å². The van der Waals surface area contributed by atoms with E-state index in [4.69, 9.17) is 8.92 Å². The van der Waals surface area contributed by atoms with Crippen molar-refractivity contribution in [3.63, 3.8) is 0 Å². The number of hydrogen-bond donors (Lipinski definition) is 0. The fraction of sp³-hybridized carbons (Fsp3) is 0.538. The van der Waals surface area contributed by atoms with Gasteiger partial charge in [-0.2, -0.15) is 8.42 Å². The molecule has 4 nitrogen and oxygen atoms in total. The van der Waals surface area contributed by atoms with Gasteiger partial charge < -0.3 is 4.74 Å². The minimum Gasteiger partial charge on any atom is -0.364 e. The molecule has 1 aliphatic heterocycles. The third-order valence-corrected chi connectivity index (χ3v) is 4.13. The first-order valence-electron chi connectivity index (χ1n) is 5.93. The lowest BCUT2D eigenvalue weighted by atomic mass is 9.74. The molecular formula is C13H18O4S. The highest BCUT2D eigenvalue weighted by atomic mass is 32.2. The predicted octanol–water partition coefficient (Wildman–Crippen LogP) is 1.91. The second-order valence-electron chi connectivity index (χ2n) is 4.83. The van der Waals surface area contributed by atoms with Crippen molar-refractivity contribution in [2.24, 2.45) is 5.92 Å². The Hall–Kier alpha value is -0.910. The summed E-state index contributed by atoms with van der Waals surface area (Å²) in [5.74, 6) is 0.210. The van der Waals surface area contributed by atoms with Gasteiger partial charge in [0.25, 0.3) is 10.1 Å². The Balaban J connectivity index is 2.26. The first kappa shape index (κ1) is 13.5. The number of benzene rings is 1. The number of hydrogen-bond acceptors (Lipinski definition) is 4. The molecule has 0 amide bonds. The lowest BCUT2D eigenvalue weighted by Crippen LogP contribution is -2.58. The Morgan fingerprint density at radius 1 is 1.28 bits per heavy atom. The molecular weight excluding hydrogens is 252 g/mol. The van der Waals surface area contributed by atoms with Gasteiger partial charge in [0.15, 0.2) is 0 Å². The van der Waals surface area contributed by atoms with Gasteiger partial charge >= 0.3 is 0 Å². The molecule has 0 N–H and O–H groups in total. The largest absolute Gasteiger partial charge is 0.364 e. The molecule has 1 heterocycles. The molecule has 1 fully saturated rings. The van der Waals surface area contributed by atoms with Gasteiger partial charge in [0, 0.05) is 5.92 Å². The Bertz CT molecular complexity index is 511. The second-order valence-corrected chi connectivity index (χ2v) is 6.48. The standard InChI is InChI=1S/C13H18O4S/c1-10-11(2)17-13(10,9-16-18(3,14)15)12-7-5-4-6-8-12/h4-8,10-11H,9H2,1-3H3. The first-order valence-corrected chi connectivity index (χ1v) is 7.74. The zero-order chi connectivity index (χ0) is 13.4. The number of rotatable bonds is 4. The molecule has 3 unspecified atom stereocenters. The third-order valence-electron chi connectivity index (χ3n) is 3.59. The monoisotopic (exact) mass is 270 g/mol. The van der Waals surface area contributed by atoms with Gasteiger partial charge in [-0.1, -0.05) is 37.3 Å². The predicted molar refractivity (Wildman–Crippen MR) is 68.6 cm³/mol. The van der Waals surface area contributed by atoms with Gasteiger partial charge in [-0.05, 0) is 12.5 Å². The average molecular weight is 270 g/mol. The van der Waals surface area contributed by atoms with Crippen molar-refractivity contribution in [1.82, 2.24) is 0 Å². The summed E-state index contributed by atoms with van der Waals surface area (Å²) < 4.78 is 33.1. The molecule has 1 aromatic rings. The summed E-state index contributed by atoms with van der Waals surface area (Å²) in [4.78, 5) is 0. The van der Waals surface area contributed by atoms with Crippen LogP contribution >= 0.6 is 0 Å². The fourth-order valence-electron chi connectivity index (χ4n) is 2.34. The van der Waals surface area contributed by atoms with E-state index >= 15 is 0 Å². The van der Waals surface area contributed by atoms with E-state index in [0.717, 1.165) is 11.8 Å². The molecule has 1 aliphatic rings. The van der Waals surface area contributed by atoms with E-state index in [-0.39, 0.29) is 18.6 Å². The molecule has 0 radical (unpaired) electrons. The molecule has 0 spiro atoms. The molecule has 0 bridgehead atoms. The summed E-state index contributed by atoms with van der Waals surface area (Å²) in [5.41, 5.74) is 0.309. The molecule has 2 rings (SSSR count). The molecule has 100 valence electrons. The third kappa shape index (κ3) is 2.43. The average Bonchev–Trinajstić information content (AvgIpc) is 2.33. The van der Waals surface area contributed by atoms with Crippen LogP contribution in [0, 0.1) is 5.92 Å². The smallest absolute Gasteiger partial charge is 0.264 e. The lowest BCUT2D eigenvalue weighted by molar-refractivity contribution is -0.267. The van der Waals surface area contributed by atoms with E-state index in [9.17, 15) is 8.42 Å². The molecule has 3 atom stereocenters. The maximum Gasteiger partial charge on any atom is 0.264 e. The van der Waals surface area contributed by atoms with Crippen LogP contribution in [0.15, 0.2) is 30.3 Å². The maximum absolute atomic E-state index is 11.2. The van der Waals surface area contributed by atoms with E-state index in [1.807, 2.05) is 44.2 Å². The van der Waals surface area contributed by atoms with Gasteiger partial charge in [-0.25, -0.2) is 0 Å². The summed E-state index contributed by atoms with van der Waals surface area (Å²) in [6, 6.07) is 9.62. The molecule has 0 saturated carbocycles. The molecule has 5 heteroatoms. The molecule has 1 saturated heterocycles. The molecule has 1 aromatic carbocycles. The lowest BCUT2D eigenvalue weighted by Gasteiger charge is -2.52. The highest BCUT2D eigenvalue weighted by Crippen LogP contribution is 2.47. The van der Waals surface area contributed by atoms with Gasteiger partial charge in [-0.3, -0.25) is 4.18 Å². The van der Waals surface area contributed by atoms with E-state index in [1.165, 1.54) is 0 Å².